The molecule has 0 aromatic heterocycles. The van der Waals surface area contributed by atoms with Crippen LogP contribution < -0.4 is 16.0 Å². The summed E-state index contributed by atoms with van der Waals surface area (Å²) in [5.74, 6) is 0.209. The topological polar surface area (TPSA) is 114 Å². The normalized spacial score (nSPS) is 22.2. The molecule has 3 N–H and O–H groups in total. The van der Waals surface area contributed by atoms with E-state index >= 15 is 0 Å². The van der Waals surface area contributed by atoms with Gasteiger partial charge in [0.25, 0.3) is 0 Å². The number of carbonyl (C=O) groups is 3. The summed E-state index contributed by atoms with van der Waals surface area (Å²) in [7, 11) is 0. The Bertz CT molecular complexity index is 1160. The summed E-state index contributed by atoms with van der Waals surface area (Å²) in [5.41, 5.74) is 2.79. The molecule has 4 rings (SSSR count). The second-order valence-electron chi connectivity index (χ2n) is 9.86. The zero-order chi connectivity index (χ0) is 25.5. The highest BCUT2D eigenvalue weighted by Gasteiger charge is 2.32. The molecule has 0 bridgehead atoms. The standard InChI is InChI=1S/C28H33N5O3/c1-19(34)22-9-5-10-24(14-22)31-28(36)32-26-11-3-2-8-23(26)16-33-17-25(30-27(35)18-33)13-20-6-4-7-21(12-20)15-29/h4-7,9-10,12,14,23,25-26H,2-3,8,11,13,16-18H2,1H3,(H,30,35)(H2,31,32,36)/t23-,25+,26+/m0/s1. The van der Waals surface area contributed by atoms with E-state index in [1.165, 1.54) is 6.92 Å². The number of carbonyl (C=O) groups excluding carboxylic acids is 3. The van der Waals surface area contributed by atoms with Crippen molar-refractivity contribution in [1.29, 1.82) is 5.26 Å². The lowest BCUT2D eigenvalue weighted by Gasteiger charge is -2.39. The number of benzene rings is 2. The van der Waals surface area contributed by atoms with Gasteiger partial charge in [0.15, 0.2) is 5.78 Å². The number of nitriles is 1. The second kappa shape index (κ2) is 11.8. The molecule has 8 nitrogen and oxygen atoms in total. The Labute approximate surface area is 212 Å². The molecule has 1 aliphatic carbocycles. The van der Waals surface area contributed by atoms with Crippen LogP contribution >= 0.6 is 0 Å². The van der Waals surface area contributed by atoms with Crippen molar-refractivity contribution in [2.45, 2.75) is 51.1 Å². The summed E-state index contributed by atoms with van der Waals surface area (Å²) in [4.78, 5) is 39.0. The van der Waals surface area contributed by atoms with Gasteiger partial charge in [-0.1, -0.05) is 37.1 Å². The fourth-order valence-electron chi connectivity index (χ4n) is 5.30. The van der Waals surface area contributed by atoms with Crippen molar-refractivity contribution in [3.63, 3.8) is 0 Å². The lowest BCUT2D eigenvalue weighted by Crippen LogP contribution is -2.57. The highest BCUT2D eigenvalue weighted by atomic mass is 16.2. The van der Waals surface area contributed by atoms with E-state index in [2.05, 4.69) is 26.9 Å². The first-order valence-electron chi connectivity index (χ1n) is 12.6. The molecule has 1 heterocycles. The van der Waals surface area contributed by atoms with Crippen molar-refractivity contribution in [3.05, 3.63) is 65.2 Å². The first kappa shape index (κ1) is 25.4. The van der Waals surface area contributed by atoms with E-state index in [1.807, 2.05) is 18.2 Å². The third kappa shape index (κ3) is 6.92. The van der Waals surface area contributed by atoms with Gasteiger partial charge in [0.1, 0.15) is 0 Å². The van der Waals surface area contributed by atoms with Gasteiger partial charge in [0.05, 0.1) is 18.2 Å². The lowest BCUT2D eigenvalue weighted by atomic mass is 9.84. The number of rotatable bonds is 7. The Hall–Kier alpha value is -3.70. The average molecular weight is 488 g/mol. The predicted molar refractivity (Wildman–Crippen MR) is 138 cm³/mol. The molecular weight excluding hydrogens is 454 g/mol. The maximum atomic E-state index is 12.8. The molecule has 1 saturated heterocycles. The first-order chi connectivity index (χ1) is 17.4. The number of nitrogens with zero attached hydrogens (tertiary/aromatic N) is 2. The van der Waals surface area contributed by atoms with Crippen LogP contribution in [0.3, 0.4) is 0 Å². The van der Waals surface area contributed by atoms with Crippen LogP contribution in [0, 0.1) is 17.2 Å². The number of anilines is 1. The minimum Gasteiger partial charge on any atom is -0.351 e. The van der Waals surface area contributed by atoms with Crippen molar-refractivity contribution < 1.29 is 14.4 Å². The van der Waals surface area contributed by atoms with E-state index in [0.29, 0.717) is 29.8 Å². The van der Waals surface area contributed by atoms with E-state index in [-0.39, 0.29) is 35.7 Å². The maximum Gasteiger partial charge on any atom is 0.319 e. The van der Waals surface area contributed by atoms with Crippen LogP contribution in [0.4, 0.5) is 10.5 Å². The maximum absolute atomic E-state index is 12.8. The van der Waals surface area contributed by atoms with Gasteiger partial charge < -0.3 is 16.0 Å². The molecule has 0 spiro atoms. The van der Waals surface area contributed by atoms with Crippen molar-refractivity contribution >= 4 is 23.4 Å². The van der Waals surface area contributed by atoms with Crippen molar-refractivity contribution in [1.82, 2.24) is 15.5 Å². The molecule has 2 aromatic carbocycles. The Balaban J connectivity index is 1.35. The quantitative estimate of drug-likeness (QED) is 0.518. The molecule has 36 heavy (non-hydrogen) atoms. The van der Waals surface area contributed by atoms with Gasteiger partial charge in [-0.2, -0.15) is 5.26 Å². The average Bonchev–Trinajstić information content (AvgIpc) is 2.85. The molecule has 3 amide bonds. The van der Waals surface area contributed by atoms with Crippen molar-refractivity contribution in [3.8, 4) is 6.07 Å². The fraction of sp³-hybridized carbons (Fsp3) is 0.429. The molecule has 2 aliphatic rings. The van der Waals surface area contributed by atoms with E-state index < -0.39 is 0 Å². The van der Waals surface area contributed by atoms with E-state index in [9.17, 15) is 14.4 Å². The SMILES string of the molecule is CC(=O)c1cccc(NC(=O)N[C@@H]2CCCC[C@H]2CN2CC(=O)N[C@H](Cc3cccc(C#N)c3)C2)c1. The monoisotopic (exact) mass is 487 g/mol. The molecule has 2 fully saturated rings. The van der Waals surface area contributed by atoms with Gasteiger partial charge >= 0.3 is 6.03 Å². The number of hydrogen-bond acceptors (Lipinski definition) is 5. The summed E-state index contributed by atoms with van der Waals surface area (Å²) in [6, 6.07) is 16.3. The third-order valence-corrected chi connectivity index (χ3v) is 6.99. The number of amides is 3. The van der Waals surface area contributed by atoms with Gasteiger partial charge in [-0.25, -0.2) is 4.79 Å². The third-order valence-electron chi connectivity index (χ3n) is 6.99. The zero-order valence-corrected chi connectivity index (χ0v) is 20.6. The van der Waals surface area contributed by atoms with E-state index in [0.717, 1.165) is 44.3 Å². The van der Waals surface area contributed by atoms with E-state index in [4.69, 9.17) is 5.26 Å². The molecule has 2 aromatic rings. The van der Waals surface area contributed by atoms with Crippen LogP contribution in [0.1, 0.15) is 54.1 Å². The molecule has 1 aliphatic heterocycles. The Kier molecular flexibility index (Phi) is 8.34. The summed E-state index contributed by atoms with van der Waals surface area (Å²) in [6.45, 7) is 3.32. The lowest BCUT2D eigenvalue weighted by molar-refractivity contribution is -0.125. The fourth-order valence-corrected chi connectivity index (χ4v) is 5.30. The van der Waals surface area contributed by atoms with Crippen LogP contribution in [0.15, 0.2) is 48.5 Å². The Morgan fingerprint density at radius 1 is 1.14 bits per heavy atom. The largest absolute Gasteiger partial charge is 0.351 e. The summed E-state index contributed by atoms with van der Waals surface area (Å²) in [6.07, 6.45) is 4.73. The molecular formula is C28H33N5O3. The minimum absolute atomic E-state index is 0.00565. The number of urea groups is 1. The van der Waals surface area contributed by atoms with Gasteiger partial charge in [0, 0.05) is 36.4 Å². The number of ketones is 1. The van der Waals surface area contributed by atoms with Gasteiger partial charge in [-0.05, 0) is 61.9 Å². The van der Waals surface area contributed by atoms with Crippen LogP contribution in [-0.2, 0) is 11.2 Å². The molecule has 8 heteroatoms. The predicted octanol–water partition coefficient (Wildman–Crippen LogP) is 3.48. The highest BCUT2D eigenvalue weighted by Crippen LogP contribution is 2.26. The van der Waals surface area contributed by atoms with Crippen LogP contribution in [0.2, 0.25) is 0 Å². The molecule has 3 atom stereocenters. The molecule has 1 saturated carbocycles. The van der Waals surface area contributed by atoms with Gasteiger partial charge in [-0.15, -0.1) is 0 Å². The molecule has 0 radical (unpaired) electrons. The minimum atomic E-state index is -0.278. The highest BCUT2D eigenvalue weighted by molar-refractivity contribution is 5.96. The van der Waals surface area contributed by atoms with Crippen LogP contribution in [-0.4, -0.2) is 54.3 Å². The van der Waals surface area contributed by atoms with Gasteiger partial charge in [-0.3, -0.25) is 14.5 Å². The number of nitrogens with one attached hydrogen (secondary N) is 3. The zero-order valence-electron chi connectivity index (χ0n) is 20.6. The number of Topliss-reactive ketones (excluding diaryl/α,β-unsaturated/α-hetero) is 1. The molecule has 0 unspecified atom stereocenters. The second-order valence-corrected chi connectivity index (χ2v) is 9.86. The van der Waals surface area contributed by atoms with Crippen LogP contribution in [0.25, 0.3) is 0 Å². The smallest absolute Gasteiger partial charge is 0.319 e. The Morgan fingerprint density at radius 3 is 2.75 bits per heavy atom. The number of hydrogen-bond donors (Lipinski definition) is 3. The number of piperazine rings is 1. The van der Waals surface area contributed by atoms with Gasteiger partial charge in [0.2, 0.25) is 5.91 Å². The van der Waals surface area contributed by atoms with Crippen LogP contribution in [0.5, 0.6) is 0 Å². The molecule has 188 valence electrons. The summed E-state index contributed by atoms with van der Waals surface area (Å²) >= 11 is 0. The summed E-state index contributed by atoms with van der Waals surface area (Å²) in [5, 5.41) is 18.2. The van der Waals surface area contributed by atoms with Crippen molar-refractivity contribution in [2.75, 3.05) is 25.0 Å². The first-order valence-corrected chi connectivity index (χ1v) is 12.6. The van der Waals surface area contributed by atoms with E-state index in [1.54, 1.807) is 30.3 Å². The summed E-state index contributed by atoms with van der Waals surface area (Å²) < 4.78 is 0. The van der Waals surface area contributed by atoms with Crippen molar-refractivity contribution in [2.24, 2.45) is 5.92 Å². The Morgan fingerprint density at radius 2 is 1.94 bits per heavy atom.